The van der Waals surface area contributed by atoms with E-state index in [-0.39, 0.29) is 23.3 Å². The number of anilines is 2. The molecular formula is C32H37F3N8O3S. The molecule has 0 amide bonds. The minimum atomic E-state index is -5.02. The predicted octanol–water partition coefficient (Wildman–Crippen LogP) is 6.23. The number of pyridine rings is 1. The van der Waals surface area contributed by atoms with E-state index in [1.165, 1.54) is 42.5 Å². The Hall–Kier alpha value is -4.63. The molecule has 5 rings (SSSR count). The molecule has 3 aromatic heterocycles. The zero-order chi connectivity index (χ0) is 34.2. The number of nitrogens with one attached hydrogen (secondary N) is 1. The number of hydrogen-bond acceptors (Lipinski definition) is 8. The van der Waals surface area contributed by atoms with E-state index in [1.807, 2.05) is 15.6 Å². The normalized spacial score (nSPS) is 13.5. The van der Waals surface area contributed by atoms with Crippen LogP contribution >= 0.6 is 0 Å². The molecule has 2 atom stereocenters. The standard InChI is InChI=1S/C32H37F3N8O3S/c1-18(2)41(5)16-19(3)43-17-23(14-38-43)25-15-37-31(36)28-29(39-42(6)30(25)28)22-9-12-26(40-47(44,45)32(34)35)27(13-22)46-20(4)21-7-10-24(33)11-8-21/h7-15,17-20,32,40H,16H2,1-6H3,(H2,36,37)/t19?,20-/m0/s1. The van der Waals surface area contributed by atoms with Crippen LogP contribution in [-0.2, 0) is 17.1 Å². The zero-order valence-electron chi connectivity index (χ0n) is 26.8. The third kappa shape index (κ3) is 7.05. The van der Waals surface area contributed by atoms with E-state index in [2.05, 4.69) is 42.8 Å². The lowest BCUT2D eigenvalue weighted by Crippen LogP contribution is -2.31. The smallest absolute Gasteiger partial charge is 0.355 e. The first-order valence-corrected chi connectivity index (χ1v) is 16.4. The maximum absolute atomic E-state index is 13.5. The maximum Gasteiger partial charge on any atom is 0.355 e. The van der Waals surface area contributed by atoms with Crippen molar-refractivity contribution in [1.82, 2.24) is 29.4 Å². The van der Waals surface area contributed by atoms with Crippen molar-refractivity contribution in [2.45, 2.75) is 51.6 Å². The van der Waals surface area contributed by atoms with E-state index in [0.717, 1.165) is 17.7 Å². The molecule has 0 saturated heterocycles. The van der Waals surface area contributed by atoms with Crippen molar-refractivity contribution in [2.75, 3.05) is 24.0 Å². The summed E-state index contributed by atoms with van der Waals surface area (Å²) >= 11 is 0. The molecular weight excluding hydrogens is 633 g/mol. The van der Waals surface area contributed by atoms with Crippen LogP contribution in [0.5, 0.6) is 5.75 Å². The molecule has 15 heteroatoms. The highest BCUT2D eigenvalue weighted by Crippen LogP contribution is 2.40. The Morgan fingerprint density at radius 1 is 1.04 bits per heavy atom. The fourth-order valence-electron chi connectivity index (χ4n) is 5.22. The van der Waals surface area contributed by atoms with Crippen molar-refractivity contribution >= 4 is 32.4 Å². The van der Waals surface area contributed by atoms with Crippen LogP contribution in [0.2, 0.25) is 0 Å². The minimum Gasteiger partial charge on any atom is -0.484 e. The molecule has 0 bridgehead atoms. The van der Waals surface area contributed by atoms with Crippen LogP contribution < -0.4 is 15.2 Å². The molecule has 0 saturated carbocycles. The molecule has 0 spiro atoms. The van der Waals surface area contributed by atoms with Gasteiger partial charge >= 0.3 is 5.76 Å². The van der Waals surface area contributed by atoms with Crippen molar-refractivity contribution in [3.63, 3.8) is 0 Å². The molecule has 0 fully saturated rings. The van der Waals surface area contributed by atoms with Crippen molar-refractivity contribution < 1.29 is 26.3 Å². The number of halogens is 3. The van der Waals surface area contributed by atoms with Gasteiger partial charge in [0.25, 0.3) is 10.0 Å². The first kappa shape index (κ1) is 33.7. The number of nitrogen functional groups attached to an aromatic ring is 1. The lowest BCUT2D eigenvalue weighted by atomic mass is 10.0. The van der Waals surface area contributed by atoms with E-state index in [0.29, 0.717) is 33.8 Å². The van der Waals surface area contributed by atoms with Crippen LogP contribution in [0.25, 0.3) is 33.3 Å². The fourth-order valence-corrected chi connectivity index (χ4v) is 5.78. The second-order valence-corrected chi connectivity index (χ2v) is 13.4. The lowest BCUT2D eigenvalue weighted by Gasteiger charge is -2.24. The Bertz CT molecular complexity index is 1990. The SMILES string of the molecule is CC(C)N(C)CC(C)n1cc(-c2cnc(N)c3c(-c4ccc(NS(=O)(=O)C(F)F)c(O[C@@H](C)c5ccc(F)cc5)c4)nn(C)c23)cn1. The van der Waals surface area contributed by atoms with Crippen LogP contribution in [0.1, 0.15) is 45.4 Å². The molecule has 47 heavy (non-hydrogen) atoms. The Kier molecular flexibility index (Phi) is 9.50. The van der Waals surface area contributed by atoms with Crippen LogP contribution in [0, 0.1) is 5.82 Å². The summed E-state index contributed by atoms with van der Waals surface area (Å²) in [6, 6.07) is 10.4. The predicted molar refractivity (Wildman–Crippen MR) is 176 cm³/mol. The molecule has 0 aliphatic carbocycles. The topological polar surface area (TPSA) is 133 Å². The lowest BCUT2D eigenvalue weighted by molar-refractivity contribution is 0.228. The first-order chi connectivity index (χ1) is 22.2. The number of fused-ring (bicyclic) bond motifs is 1. The summed E-state index contributed by atoms with van der Waals surface area (Å²) in [4.78, 5) is 6.69. The summed E-state index contributed by atoms with van der Waals surface area (Å²) in [6.45, 7) is 8.83. The quantitative estimate of drug-likeness (QED) is 0.160. The molecule has 3 heterocycles. The van der Waals surface area contributed by atoms with Crippen LogP contribution in [0.4, 0.5) is 24.7 Å². The van der Waals surface area contributed by atoms with Crippen LogP contribution in [0.3, 0.4) is 0 Å². The number of benzene rings is 2. The van der Waals surface area contributed by atoms with Gasteiger partial charge in [-0.25, -0.2) is 17.8 Å². The second kappa shape index (κ2) is 13.2. The molecule has 3 N–H and O–H groups in total. The Morgan fingerprint density at radius 3 is 2.40 bits per heavy atom. The van der Waals surface area contributed by atoms with Gasteiger partial charge in [0.05, 0.1) is 28.8 Å². The minimum absolute atomic E-state index is 0.0494. The monoisotopic (exact) mass is 670 g/mol. The number of aromatic nitrogens is 5. The molecule has 0 radical (unpaired) electrons. The Labute approximate surface area is 271 Å². The van der Waals surface area contributed by atoms with Crippen molar-refractivity contribution in [2.24, 2.45) is 7.05 Å². The third-order valence-corrected chi connectivity index (χ3v) is 9.05. The van der Waals surface area contributed by atoms with Gasteiger partial charge in [0, 0.05) is 48.7 Å². The highest BCUT2D eigenvalue weighted by Gasteiger charge is 2.27. The van der Waals surface area contributed by atoms with E-state index in [4.69, 9.17) is 15.6 Å². The number of alkyl halides is 2. The van der Waals surface area contributed by atoms with E-state index >= 15 is 0 Å². The zero-order valence-corrected chi connectivity index (χ0v) is 27.6. The van der Waals surface area contributed by atoms with Crippen molar-refractivity contribution in [3.8, 4) is 28.1 Å². The Balaban J connectivity index is 1.57. The third-order valence-electron chi connectivity index (χ3n) is 8.07. The van der Waals surface area contributed by atoms with Gasteiger partial charge in [-0.15, -0.1) is 0 Å². The second-order valence-electron chi connectivity index (χ2n) is 11.8. The summed E-state index contributed by atoms with van der Waals surface area (Å²) in [7, 11) is -1.19. The number of nitrogens with two attached hydrogens (primary N) is 1. The molecule has 0 aliphatic heterocycles. The number of sulfonamides is 1. The van der Waals surface area contributed by atoms with Crippen molar-refractivity contribution in [1.29, 1.82) is 0 Å². The summed E-state index contributed by atoms with van der Waals surface area (Å²) in [6.07, 6.45) is 4.66. The molecule has 250 valence electrons. The number of hydrogen-bond donors (Lipinski definition) is 2. The number of likely N-dealkylation sites (N-methyl/N-ethyl adjacent to an activating group) is 1. The number of nitrogens with zero attached hydrogens (tertiary/aromatic N) is 6. The first-order valence-electron chi connectivity index (χ1n) is 14.9. The largest absolute Gasteiger partial charge is 0.484 e. The van der Waals surface area contributed by atoms with Crippen LogP contribution in [0.15, 0.2) is 61.1 Å². The number of aryl methyl sites for hydroxylation is 1. The maximum atomic E-state index is 13.5. The van der Waals surface area contributed by atoms with Gasteiger partial charge in [-0.05, 0) is 64.6 Å². The highest BCUT2D eigenvalue weighted by atomic mass is 32.2. The van der Waals surface area contributed by atoms with Gasteiger partial charge in [0.15, 0.2) is 0 Å². The fraction of sp³-hybridized carbons (Fsp3) is 0.344. The molecule has 5 aromatic rings. The molecule has 2 aromatic carbocycles. The van der Waals surface area contributed by atoms with Gasteiger partial charge in [-0.1, -0.05) is 18.2 Å². The average Bonchev–Trinajstić information content (AvgIpc) is 3.64. The van der Waals surface area contributed by atoms with Gasteiger partial charge in [0.1, 0.15) is 29.2 Å². The highest BCUT2D eigenvalue weighted by molar-refractivity contribution is 7.93. The van der Waals surface area contributed by atoms with E-state index in [9.17, 15) is 21.6 Å². The van der Waals surface area contributed by atoms with Gasteiger partial charge < -0.3 is 15.4 Å². The average molecular weight is 671 g/mol. The summed E-state index contributed by atoms with van der Waals surface area (Å²) in [5, 5.41) is 9.87. The van der Waals surface area contributed by atoms with Gasteiger partial charge in [-0.2, -0.15) is 19.0 Å². The number of ether oxygens (including phenoxy) is 1. The summed E-state index contributed by atoms with van der Waals surface area (Å²) < 4.78 is 75.9. The van der Waals surface area contributed by atoms with E-state index in [1.54, 1.807) is 31.0 Å². The van der Waals surface area contributed by atoms with Gasteiger partial charge in [0.2, 0.25) is 0 Å². The Morgan fingerprint density at radius 2 is 1.74 bits per heavy atom. The molecule has 1 unspecified atom stereocenters. The van der Waals surface area contributed by atoms with Gasteiger partial charge in [-0.3, -0.25) is 14.1 Å². The number of rotatable bonds is 12. The van der Waals surface area contributed by atoms with Crippen molar-refractivity contribution in [3.05, 3.63) is 72.4 Å². The summed E-state index contributed by atoms with van der Waals surface area (Å²) in [5.74, 6) is -3.96. The van der Waals surface area contributed by atoms with Crippen LogP contribution in [-0.4, -0.2) is 63.3 Å². The summed E-state index contributed by atoms with van der Waals surface area (Å²) in [5.41, 5.74) is 9.90. The van der Waals surface area contributed by atoms with E-state index < -0.39 is 27.7 Å². The molecule has 11 nitrogen and oxygen atoms in total. The molecule has 0 aliphatic rings.